The number of benzene rings is 1. The second-order valence-corrected chi connectivity index (χ2v) is 12.0. The Balaban J connectivity index is 0.000000418. The molecule has 172 valence electrons. The quantitative estimate of drug-likeness (QED) is 0.554. The molecule has 4 heterocycles. The van der Waals surface area contributed by atoms with Crippen LogP contribution in [-0.4, -0.2) is 83.1 Å². The van der Waals surface area contributed by atoms with Crippen molar-refractivity contribution in [2.75, 3.05) is 39.3 Å². The van der Waals surface area contributed by atoms with E-state index >= 15 is 0 Å². The molecule has 0 atom stereocenters. The van der Waals surface area contributed by atoms with E-state index in [0.717, 1.165) is 50.3 Å². The van der Waals surface area contributed by atoms with Gasteiger partial charge < -0.3 is 14.7 Å². The summed E-state index contributed by atoms with van der Waals surface area (Å²) in [7, 11) is -6.71. The minimum atomic E-state index is -4.64. The molecule has 31 heavy (non-hydrogen) atoms. The predicted molar refractivity (Wildman–Crippen MR) is 118 cm³/mol. The fourth-order valence-corrected chi connectivity index (χ4v) is 8.71. The van der Waals surface area contributed by atoms with Gasteiger partial charge in [0.05, 0.1) is 0 Å². The van der Waals surface area contributed by atoms with Gasteiger partial charge >= 0.3 is 15.8 Å². The van der Waals surface area contributed by atoms with Gasteiger partial charge in [0.25, 0.3) is 0 Å². The van der Waals surface area contributed by atoms with Crippen LogP contribution in [0.25, 0.3) is 11.0 Å². The van der Waals surface area contributed by atoms with Crippen molar-refractivity contribution in [3.8, 4) is 0 Å². The molecule has 0 saturated carbocycles. The lowest BCUT2D eigenvalue weighted by Gasteiger charge is -2.39. The first-order chi connectivity index (χ1) is 14.9. The van der Waals surface area contributed by atoms with Crippen LogP contribution in [0.1, 0.15) is 38.5 Å². The maximum absolute atomic E-state index is 8.88. The van der Waals surface area contributed by atoms with E-state index in [2.05, 4.69) is 30.4 Å². The summed E-state index contributed by atoms with van der Waals surface area (Å²) in [6.07, 6.45) is 7.61. The van der Waals surface area contributed by atoms with Gasteiger partial charge in [0, 0.05) is 39.3 Å². The summed E-state index contributed by atoms with van der Waals surface area (Å²) in [5.74, 6) is 0. The number of nitrogens with zero attached hydrogens (tertiary/aromatic N) is 6. The molecule has 0 amide bonds. The Morgan fingerprint density at radius 2 is 1.23 bits per heavy atom. The molecule has 3 fully saturated rings. The van der Waals surface area contributed by atoms with Crippen LogP contribution in [0.4, 0.5) is 0 Å². The zero-order valence-corrected chi connectivity index (χ0v) is 19.3. The molecule has 3 aliphatic heterocycles. The van der Waals surface area contributed by atoms with Crippen molar-refractivity contribution in [1.82, 2.24) is 29.2 Å². The van der Waals surface area contributed by atoms with Gasteiger partial charge in [0.2, 0.25) is 0 Å². The monoisotopic (exact) mass is 473 g/mol. The first-order valence-electron chi connectivity index (χ1n) is 10.8. The molecule has 3 N–H and O–H groups in total. The van der Waals surface area contributed by atoms with Gasteiger partial charge in [0.1, 0.15) is 11.0 Å². The largest absolute Gasteiger partial charge is 0.466 e. The van der Waals surface area contributed by atoms with Gasteiger partial charge in [0.15, 0.2) is 0 Å². The lowest BCUT2D eigenvalue weighted by molar-refractivity contribution is 0.169. The van der Waals surface area contributed by atoms with Gasteiger partial charge in [-0.05, 0) is 60.7 Å². The molecule has 0 radical (unpaired) electrons. The lowest BCUT2D eigenvalue weighted by atomic mass is 10.3. The van der Waals surface area contributed by atoms with E-state index in [1.807, 2.05) is 18.2 Å². The highest BCUT2D eigenvalue weighted by atomic mass is 31.2. The Bertz CT molecular complexity index is 857. The molecule has 0 bridgehead atoms. The lowest BCUT2D eigenvalue weighted by Crippen LogP contribution is -2.47. The van der Waals surface area contributed by atoms with Crippen LogP contribution in [0.5, 0.6) is 0 Å². The van der Waals surface area contributed by atoms with Gasteiger partial charge in [-0.25, -0.2) is 4.57 Å². The first-order valence-corrected chi connectivity index (χ1v) is 13.9. The van der Waals surface area contributed by atoms with Crippen molar-refractivity contribution < 1.29 is 23.9 Å². The number of hydrogen-bond acceptors (Lipinski definition) is 7. The molecular formula is C18H31N6O5P2+. The molecular weight excluding hydrogens is 442 g/mol. The number of hydrogen-bond donors (Lipinski definition) is 3. The zero-order chi connectivity index (χ0) is 21.9. The first kappa shape index (κ1) is 23.0. The molecule has 1 aromatic carbocycles. The van der Waals surface area contributed by atoms with Crippen LogP contribution in [0.3, 0.4) is 0 Å². The van der Waals surface area contributed by atoms with Crippen molar-refractivity contribution >= 4 is 26.8 Å². The molecule has 3 saturated heterocycles. The molecule has 3 aliphatic rings. The number of para-hydroxylation sites is 1. The Kier molecular flexibility index (Phi) is 7.25. The Hall–Kier alpha value is -1.16. The van der Waals surface area contributed by atoms with E-state index < -0.39 is 15.8 Å². The average Bonchev–Trinajstić information content (AvgIpc) is 3.54. The van der Waals surface area contributed by atoms with E-state index in [1.54, 1.807) is 4.85 Å². The van der Waals surface area contributed by atoms with Crippen LogP contribution in [0.15, 0.2) is 24.3 Å². The van der Waals surface area contributed by atoms with Crippen LogP contribution < -0.4 is 4.62 Å². The summed E-state index contributed by atoms with van der Waals surface area (Å²) in [5.41, 5.74) is 1.87. The third-order valence-electron chi connectivity index (χ3n) is 5.86. The van der Waals surface area contributed by atoms with Gasteiger partial charge in [-0.3, -0.25) is 0 Å². The van der Waals surface area contributed by atoms with Crippen LogP contribution in [-0.2, 0) is 4.57 Å². The topological polar surface area (TPSA) is 127 Å². The summed E-state index contributed by atoms with van der Waals surface area (Å²) < 4.78 is 23.8. The fraction of sp³-hybridized carbons (Fsp3) is 0.667. The third-order valence-corrected chi connectivity index (χ3v) is 9.65. The van der Waals surface area contributed by atoms with Crippen molar-refractivity contribution in [3.05, 3.63) is 24.3 Å². The molecule has 1 aromatic heterocycles. The normalized spacial score (nSPS) is 21.5. The van der Waals surface area contributed by atoms with Crippen LogP contribution in [0, 0.1) is 0 Å². The molecule has 2 aromatic rings. The second-order valence-electron chi connectivity index (χ2n) is 8.04. The SMILES string of the molecule is O=P(O)(O)O.c1ccc2c(c1)nnn2O[P+](N1CCCC1)(N1CCCC1)N1CCCC1. The summed E-state index contributed by atoms with van der Waals surface area (Å²) in [5, 5.41) is 8.72. The Morgan fingerprint density at radius 1 is 0.806 bits per heavy atom. The Morgan fingerprint density at radius 3 is 1.68 bits per heavy atom. The maximum Gasteiger partial charge on any atom is 0.466 e. The Labute approximate surface area is 182 Å². The van der Waals surface area contributed by atoms with Crippen molar-refractivity contribution in [2.24, 2.45) is 0 Å². The summed E-state index contributed by atoms with van der Waals surface area (Å²) >= 11 is 0. The van der Waals surface area contributed by atoms with Crippen molar-refractivity contribution in [3.63, 3.8) is 0 Å². The van der Waals surface area contributed by atoms with Crippen molar-refractivity contribution in [2.45, 2.75) is 38.5 Å². The van der Waals surface area contributed by atoms with E-state index in [4.69, 9.17) is 23.9 Å². The molecule has 11 nitrogen and oxygen atoms in total. The minimum Gasteiger partial charge on any atom is -0.303 e. The van der Waals surface area contributed by atoms with E-state index in [9.17, 15) is 0 Å². The highest BCUT2D eigenvalue weighted by molar-refractivity contribution is 7.64. The minimum absolute atomic E-state index is 0.898. The molecule has 13 heteroatoms. The summed E-state index contributed by atoms with van der Waals surface area (Å²) in [4.78, 5) is 23.3. The fourth-order valence-electron chi connectivity index (χ4n) is 4.59. The predicted octanol–water partition coefficient (Wildman–Crippen LogP) is 1.90. The van der Waals surface area contributed by atoms with Gasteiger partial charge in [-0.2, -0.15) is 4.62 Å². The summed E-state index contributed by atoms with van der Waals surface area (Å²) in [6, 6.07) is 8.10. The van der Waals surface area contributed by atoms with Crippen LogP contribution in [0.2, 0.25) is 0 Å². The average molecular weight is 473 g/mol. The number of aromatic nitrogens is 3. The molecule has 0 spiro atoms. The number of phosphoric acid groups is 1. The smallest absolute Gasteiger partial charge is 0.303 e. The van der Waals surface area contributed by atoms with Crippen LogP contribution >= 0.6 is 15.8 Å². The highest BCUT2D eigenvalue weighted by Gasteiger charge is 2.63. The van der Waals surface area contributed by atoms with Gasteiger partial charge in [-0.1, -0.05) is 12.1 Å². The van der Waals surface area contributed by atoms with E-state index in [0.29, 0.717) is 0 Å². The van der Waals surface area contributed by atoms with Crippen molar-refractivity contribution in [1.29, 1.82) is 0 Å². The number of fused-ring (bicyclic) bond motifs is 1. The molecule has 5 rings (SSSR count). The highest BCUT2D eigenvalue weighted by Crippen LogP contribution is 2.68. The third kappa shape index (κ3) is 5.26. The standard InChI is InChI=1S/C18H28N6OP.H3O4P/c1-2-10-18-17(9-1)19-20-24(18)25-26(21-11-3-4-12-21,22-13-5-6-14-22)23-15-7-8-16-23;1-5(2,3)4/h1-2,9-10H,3-8,11-16H2;(H3,1,2,3,4)/q+1;. The van der Waals surface area contributed by atoms with Gasteiger partial charge in [-0.15, -0.1) is 19.1 Å². The summed E-state index contributed by atoms with van der Waals surface area (Å²) in [6.45, 7) is 6.79. The number of rotatable bonds is 5. The van der Waals surface area contributed by atoms with E-state index in [-0.39, 0.29) is 0 Å². The zero-order valence-electron chi connectivity index (χ0n) is 17.5. The van der Waals surface area contributed by atoms with E-state index in [1.165, 1.54) is 38.5 Å². The second kappa shape index (κ2) is 9.77. The molecule has 0 unspecified atom stereocenters. The molecule has 0 aliphatic carbocycles. The maximum atomic E-state index is 8.88.